The van der Waals surface area contributed by atoms with E-state index in [-0.39, 0.29) is 18.3 Å². The highest BCUT2D eigenvalue weighted by molar-refractivity contribution is 5.70. The van der Waals surface area contributed by atoms with Crippen molar-refractivity contribution in [3.8, 4) is 5.75 Å². The van der Waals surface area contributed by atoms with Crippen molar-refractivity contribution < 1.29 is 24.5 Å². The van der Waals surface area contributed by atoms with Crippen molar-refractivity contribution in [2.75, 3.05) is 6.61 Å². The molecule has 0 aliphatic heterocycles. The number of carbonyl (C=O) groups is 1. The van der Waals surface area contributed by atoms with E-state index in [9.17, 15) is 15.0 Å². The van der Waals surface area contributed by atoms with Crippen LogP contribution in [0, 0.1) is 5.92 Å². The first kappa shape index (κ1) is 19.9. The van der Waals surface area contributed by atoms with Gasteiger partial charge in [0.05, 0.1) is 25.2 Å². The topological polar surface area (TPSA) is 76.0 Å². The summed E-state index contributed by atoms with van der Waals surface area (Å²) < 4.78 is 11.3. The van der Waals surface area contributed by atoms with E-state index >= 15 is 0 Å². The molecule has 0 radical (unpaired) electrons. The number of aliphatic hydroxyl groups is 2. The number of carbonyl (C=O) groups excluding carboxylic acids is 1. The zero-order valence-corrected chi connectivity index (χ0v) is 16.0. The fourth-order valence-electron chi connectivity index (χ4n) is 4.10. The molecule has 2 aliphatic carbocycles. The van der Waals surface area contributed by atoms with Gasteiger partial charge in [-0.15, -0.1) is 0 Å². The smallest absolute Gasteiger partial charge is 0.306 e. The van der Waals surface area contributed by atoms with Crippen LogP contribution in [-0.2, 0) is 16.0 Å². The summed E-state index contributed by atoms with van der Waals surface area (Å²) in [6.07, 6.45) is 6.52. The summed E-state index contributed by atoms with van der Waals surface area (Å²) in [7, 11) is 0. The molecule has 0 heterocycles. The van der Waals surface area contributed by atoms with Crippen molar-refractivity contribution in [1.29, 1.82) is 0 Å². The summed E-state index contributed by atoms with van der Waals surface area (Å²) in [5.74, 6) is 0.473. The Labute approximate surface area is 161 Å². The summed E-state index contributed by atoms with van der Waals surface area (Å²) in [6.45, 7) is 2.14. The second-order valence-electron chi connectivity index (χ2n) is 7.58. The van der Waals surface area contributed by atoms with Crippen LogP contribution in [0.5, 0.6) is 5.75 Å². The van der Waals surface area contributed by atoms with E-state index in [1.54, 1.807) is 6.08 Å². The van der Waals surface area contributed by atoms with Crippen molar-refractivity contribution in [2.24, 2.45) is 5.92 Å². The van der Waals surface area contributed by atoms with Crippen LogP contribution in [0.1, 0.15) is 51.0 Å². The Bertz CT molecular complexity index is 645. The van der Waals surface area contributed by atoms with Crippen LogP contribution < -0.4 is 4.74 Å². The average Bonchev–Trinajstić information content (AvgIpc) is 3.25. The summed E-state index contributed by atoms with van der Waals surface area (Å²) in [4.78, 5) is 12.1. The van der Waals surface area contributed by atoms with Gasteiger partial charge in [-0.2, -0.15) is 0 Å². The minimum absolute atomic E-state index is 0.139. The minimum Gasteiger partial charge on any atom is -0.490 e. The summed E-state index contributed by atoms with van der Waals surface area (Å²) in [5, 5.41) is 19.7. The predicted octanol–water partition coefficient (Wildman–Crippen LogP) is 3.17. The molecule has 0 saturated heterocycles. The lowest BCUT2D eigenvalue weighted by atomic mass is 9.98. The molecule has 0 amide bonds. The molecule has 3 rings (SSSR count). The monoisotopic (exact) mass is 374 g/mol. The highest BCUT2D eigenvalue weighted by Crippen LogP contribution is 2.34. The highest BCUT2D eigenvalue weighted by Gasteiger charge is 2.37. The highest BCUT2D eigenvalue weighted by atomic mass is 16.5. The lowest BCUT2D eigenvalue weighted by Gasteiger charge is -2.14. The van der Waals surface area contributed by atoms with E-state index in [1.807, 2.05) is 31.2 Å². The van der Waals surface area contributed by atoms with Gasteiger partial charge in [0.1, 0.15) is 11.9 Å². The molecule has 2 aliphatic rings. The number of esters is 1. The molecular formula is C22H30O5. The molecule has 2 N–H and O–H groups in total. The largest absolute Gasteiger partial charge is 0.490 e. The standard InChI is InChI=1S/C22H30O5/c1-2-19-16(13-20(23)22(19)25)14-21(24)26-12-11-15-7-9-18(10-8-15)27-17-5-3-4-6-17/h2,7-10,16-17,20,22-23,25H,3-6,11-14H2,1H3/b19-2+. The number of hydrogen-bond donors (Lipinski definition) is 2. The van der Waals surface area contributed by atoms with E-state index in [2.05, 4.69) is 0 Å². The first-order chi connectivity index (χ1) is 13.1. The molecule has 3 unspecified atom stereocenters. The fraction of sp³-hybridized carbons (Fsp3) is 0.591. The van der Waals surface area contributed by atoms with Crippen molar-refractivity contribution in [3.63, 3.8) is 0 Å². The maximum Gasteiger partial charge on any atom is 0.306 e. The van der Waals surface area contributed by atoms with Gasteiger partial charge in [-0.05, 0) is 68.2 Å². The van der Waals surface area contributed by atoms with Crippen molar-refractivity contribution >= 4 is 5.97 Å². The Hall–Kier alpha value is -1.85. The van der Waals surface area contributed by atoms with E-state index in [4.69, 9.17) is 9.47 Å². The Balaban J connectivity index is 1.39. The van der Waals surface area contributed by atoms with Gasteiger partial charge < -0.3 is 19.7 Å². The number of aliphatic hydroxyl groups excluding tert-OH is 2. The molecule has 3 atom stereocenters. The van der Waals surface area contributed by atoms with Crippen molar-refractivity contribution in [2.45, 2.75) is 70.2 Å². The van der Waals surface area contributed by atoms with Crippen LogP contribution in [0.25, 0.3) is 0 Å². The Morgan fingerprint density at radius 3 is 2.56 bits per heavy atom. The molecule has 0 spiro atoms. The molecule has 1 aromatic carbocycles. The average molecular weight is 374 g/mol. The zero-order chi connectivity index (χ0) is 19.2. The van der Waals surface area contributed by atoms with Crippen molar-refractivity contribution in [1.82, 2.24) is 0 Å². The van der Waals surface area contributed by atoms with Gasteiger partial charge in [-0.1, -0.05) is 18.2 Å². The van der Waals surface area contributed by atoms with E-state index in [0.717, 1.165) is 29.7 Å². The number of rotatable bonds is 7. The van der Waals surface area contributed by atoms with Crippen LogP contribution in [-0.4, -0.2) is 41.1 Å². The van der Waals surface area contributed by atoms with Crippen molar-refractivity contribution in [3.05, 3.63) is 41.5 Å². The Morgan fingerprint density at radius 1 is 1.19 bits per heavy atom. The maximum atomic E-state index is 12.1. The first-order valence-corrected chi connectivity index (χ1v) is 10.00. The minimum atomic E-state index is -0.863. The molecule has 0 bridgehead atoms. The second kappa shape index (κ2) is 9.38. The summed E-state index contributed by atoms with van der Waals surface area (Å²) >= 11 is 0. The first-order valence-electron chi connectivity index (χ1n) is 10.00. The Kier molecular flexibility index (Phi) is 6.91. The molecule has 0 aromatic heterocycles. The van der Waals surface area contributed by atoms with Crippen LogP contribution in [0.3, 0.4) is 0 Å². The quantitative estimate of drug-likeness (QED) is 0.566. The number of ether oxygens (including phenoxy) is 2. The number of benzene rings is 1. The Morgan fingerprint density at radius 2 is 1.89 bits per heavy atom. The summed E-state index contributed by atoms with van der Waals surface area (Å²) in [5.41, 5.74) is 1.83. The molecule has 27 heavy (non-hydrogen) atoms. The van der Waals surface area contributed by atoms with E-state index in [0.29, 0.717) is 25.6 Å². The van der Waals surface area contributed by atoms with Gasteiger partial charge in [0.15, 0.2) is 0 Å². The van der Waals surface area contributed by atoms with Gasteiger partial charge in [0, 0.05) is 6.42 Å². The van der Waals surface area contributed by atoms with E-state index < -0.39 is 12.2 Å². The normalized spacial score (nSPS) is 27.2. The molecule has 1 aromatic rings. The molecule has 148 valence electrons. The molecule has 2 saturated carbocycles. The lowest BCUT2D eigenvalue weighted by molar-refractivity contribution is -0.144. The summed E-state index contributed by atoms with van der Waals surface area (Å²) in [6, 6.07) is 7.99. The van der Waals surface area contributed by atoms with Gasteiger partial charge in [0.25, 0.3) is 0 Å². The van der Waals surface area contributed by atoms with Gasteiger partial charge in [-0.3, -0.25) is 4.79 Å². The maximum absolute atomic E-state index is 12.1. The van der Waals surface area contributed by atoms with Gasteiger partial charge in [-0.25, -0.2) is 0 Å². The molecule has 5 nitrogen and oxygen atoms in total. The SMILES string of the molecule is C/C=C1\C(CC(=O)OCCc2ccc(OC3CCCC3)cc2)CC(O)C1O. The number of hydrogen-bond acceptors (Lipinski definition) is 5. The third-order valence-electron chi connectivity index (χ3n) is 5.63. The van der Waals surface area contributed by atoms with E-state index in [1.165, 1.54) is 12.8 Å². The third kappa shape index (κ3) is 5.33. The lowest BCUT2D eigenvalue weighted by Crippen LogP contribution is -2.19. The molecule has 2 fully saturated rings. The number of allylic oxidation sites excluding steroid dienone is 1. The fourth-order valence-corrected chi connectivity index (χ4v) is 4.10. The van der Waals surface area contributed by atoms with Crippen LogP contribution >= 0.6 is 0 Å². The van der Waals surface area contributed by atoms with Crippen LogP contribution in [0.4, 0.5) is 0 Å². The van der Waals surface area contributed by atoms with Crippen LogP contribution in [0.2, 0.25) is 0 Å². The molecular weight excluding hydrogens is 344 g/mol. The van der Waals surface area contributed by atoms with Crippen LogP contribution in [0.15, 0.2) is 35.9 Å². The van der Waals surface area contributed by atoms with Gasteiger partial charge >= 0.3 is 5.97 Å². The van der Waals surface area contributed by atoms with Gasteiger partial charge in [0.2, 0.25) is 0 Å². The molecule has 5 heteroatoms. The zero-order valence-electron chi connectivity index (χ0n) is 16.0. The third-order valence-corrected chi connectivity index (χ3v) is 5.63. The predicted molar refractivity (Wildman–Crippen MR) is 102 cm³/mol. The second-order valence-corrected chi connectivity index (χ2v) is 7.58.